The van der Waals surface area contributed by atoms with Gasteiger partial charge >= 0.3 is 6.18 Å². The SMILES string of the molecule is CNC(=O)c1cc(C(=O)NCCC(F)(F)F)ccc1F. The molecule has 0 heterocycles. The van der Waals surface area contributed by atoms with E-state index in [0.29, 0.717) is 0 Å². The van der Waals surface area contributed by atoms with Crippen molar-refractivity contribution in [3.05, 3.63) is 35.1 Å². The summed E-state index contributed by atoms with van der Waals surface area (Å²) >= 11 is 0. The van der Waals surface area contributed by atoms with Crippen molar-refractivity contribution in [2.45, 2.75) is 12.6 Å². The van der Waals surface area contributed by atoms with Crippen LogP contribution in [0.15, 0.2) is 18.2 Å². The van der Waals surface area contributed by atoms with Crippen LogP contribution in [0.1, 0.15) is 27.1 Å². The summed E-state index contributed by atoms with van der Waals surface area (Å²) in [6.07, 6.45) is -5.54. The molecule has 0 atom stereocenters. The van der Waals surface area contributed by atoms with Crippen molar-refractivity contribution < 1.29 is 27.2 Å². The van der Waals surface area contributed by atoms with Gasteiger partial charge in [-0.15, -0.1) is 0 Å². The van der Waals surface area contributed by atoms with Crippen LogP contribution in [0.3, 0.4) is 0 Å². The van der Waals surface area contributed by atoms with Crippen LogP contribution in [0.4, 0.5) is 17.6 Å². The van der Waals surface area contributed by atoms with E-state index in [1.807, 2.05) is 5.32 Å². The Morgan fingerprint density at radius 3 is 2.40 bits per heavy atom. The molecule has 0 radical (unpaired) electrons. The molecule has 8 heteroatoms. The predicted molar refractivity (Wildman–Crippen MR) is 62.8 cm³/mol. The molecule has 0 aliphatic heterocycles. The van der Waals surface area contributed by atoms with Gasteiger partial charge in [-0.3, -0.25) is 9.59 Å². The Hall–Kier alpha value is -2.12. The first-order valence-electron chi connectivity index (χ1n) is 5.61. The van der Waals surface area contributed by atoms with Crippen LogP contribution in [0.25, 0.3) is 0 Å². The number of rotatable bonds is 4. The number of carbonyl (C=O) groups is 2. The zero-order valence-electron chi connectivity index (χ0n) is 10.5. The van der Waals surface area contributed by atoms with Crippen LogP contribution in [0.5, 0.6) is 0 Å². The van der Waals surface area contributed by atoms with Gasteiger partial charge in [0.1, 0.15) is 5.82 Å². The van der Waals surface area contributed by atoms with Gasteiger partial charge in [0, 0.05) is 19.2 Å². The fraction of sp³-hybridized carbons (Fsp3) is 0.333. The topological polar surface area (TPSA) is 58.2 Å². The molecule has 0 fully saturated rings. The van der Waals surface area contributed by atoms with Crippen molar-refractivity contribution in [3.63, 3.8) is 0 Å². The van der Waals surface area contributed by atoms with E-state index in [9.17, 15) is 27.2 Å². The Balaban J connectivity index is 2.76. The van der Waals surface area contributed by atoms with Crippen molar-refractivity contribution in [3.8, 4) is 0 Å². The molecule has 0 bridgehead atoms. The van der Waals surface area contributed by atoms with Gasteiger partial charge in [-0.2, -0.15) is 13.2 Å². The highest BCUT2D eigenvalue weighted by molar-refractivity contribution is 5.99. The highest BCUT2D eigenvalue weighted by Crippen LogP contribution is 2.18. The average molecular weight is 292 g/mol. The van der Waals surface area contributed by atoms with Gasteiger partial charge in [0.25, 0.3) is 11.8 Å². The lowest BCUT2D eigenvalue weighted by Gasteiger charge is -2.09. The first-order valence-corrected chi connectivity index (χ1v) is 5.61. The summed E-state index contributed by atoms with van der Waals surface area (Å²) in [4.78, 5) is 22.9. The molecule has 1 aromatic rings. The third kappa shape index (κ3) is 4.52. The number of carbonyl (C=O) groups excluding carboxylic acids is 2. The molecule has 0 aromatic heterocycles. The van der Waals surface area contributed by atoms with E-state index in [0.717, 1.165) is 18.2 Å². The van der Waals surface area contributed by atoms with Crippen molar-refractivity contribution in [2.75, 3.05) is 13.6 Å². The quantitative estimate of drug-likeness (QED) is 0.832. The summed E-state index contributed by atoms with van der Waals surface area (Å²) in [7, 11) is 1.29. The molecule has 0 saturated heterocycles. The van der Waals surface area contributed by atoms with E-state index in [1.165, 1.54) is 7.05 Å². The number of hydrogen-bond acceptors (Lipinski definition) is 2. The summed E-state index contributed by atoms with van der Waals surface area (Å²) in [5, 5.41) is 4.24. The number of nitrogens with one attached hydrogen (secondary N) is 2. The molecule has 0 saturated carbocycles. The molecule has 0 unspecified atom stereocenters. The second-order valence-corrected chi connectivity index (χ2v) is 3.89. The molecular weight excluding hydrogens is 280 g/mol. The van der Waals surface area contributed by atoms with Crippen molar-refractivity contribution in [2.24, 2.45) is 0 Å². The number of hydrogen-bond donors (Lipinski definition) is 2. The van der Waals surface area contributed by atoms with Crippen LogP contribution in [0.2, 0.25) is 0 Å². The molecule has 1 rings (SSSR count). The minimum absolute atomic E-state index is 0.0906. The second kappa shape index (κ2) is 6.36. The van der Waals surface area contributed by atoms with Crippen LogP contribution >= 0.6 is 0 Å². The predicted octanol–water partition coefficient (Wildman–Crippen LogP) is 1.87. The lowest BCUT2D eigenvalue weighted by molar-refractivity contribution is -0.132. The van der Waals surface area contributed by atoms with E-state index in [1.54, 1.807) is 0 Å². The normalized spacial score (nSPS) is 11.1. The van der Waals surface area contributed by atoms with Crippen LogP contribution < -0.4 is 10.6 Å². The van der Waals surface area contributed by atoms with Crippen LogP contribution in [-0.2, 0) is 0 Å². The molecule has 110 valence electrons. The molecular formula is C12H12F4N2O2. The lowest BCUT2D eigenvalue weighted by Crippen LogP contribution is -2.28. The third-order valence-corrected chi connectivity index (χ3v) is 2.39. The van der Waals surface area contributed by atoms with Crippen molar-refractivity contribution >= 4 is 11.8 Å². The van der Waals surface area contributed by atoms with E-state index >= 15 is 0 Å². The molecule has 0 aliphatic carbocycles. The largest absolute Gasteiger partial charge is 0.390 e. The Morgan fingerprint density at radius 1 is 1.20 bits per heavy atom. The van der Waals surface area contributed by atoms with Gasteiger partial charge in [0.05, 0.1) is 12.0 Å². The van der Waals surface area contributed by atoms with Gasteiger partial charge in [-0.25, -0.2) is 4.39 Å². The van der Waals surface area contributed by atoms with E-state index in [-0.39, 0.29) is 11.1 Å². The fourth-order valence-electron chi connectivity index (χ4n) is 1.40. The maximum atomic E-state index is 13.3. The highest BCUT2D eigenvalue weighted by atomic mass is 19.4. The third-order valence-electron chi connectivity index (χ3n) is 2.39. The molecule has 2 amide bonds. The second-order valence-electron chi connectivity index (χ2n) is 3.89. The van der Waals surface area contributed by atoms with Gasteiger partial charge in [0.2, 0.25) is 0 Å². The maximum Gasteiger partial charge on any atom is 0.390 e. The zero-order valence-corrected chi connectivity index (χ0v) is 10.5. The number of benzene rings is 1. The zero-order chi connectivity index (χ0) is 15.3. The van der Waals surface area contributed by atoms with Crippen LogP contribution in [-0.4, -0.2) is 31.6 Å². The Labute approximate surface area is 112 Å². The van der Waals surface area contributed by atoms with Gasteiger partial charge in [-0.05, 0) is 18.2 Å². The summed E-state index contributed by atoms with van der Waals surface area (Å²) in [6, 6.07) is 2.98. The maximum absolute atomic E-state index is 13.3. The van der Waals surface area contributed by atoms with Crippen molar-refractivity contribution in [1.29, 1.82) is 0 Å². The van der Waals surface area contributed by atoms with Gasteiger partial charge in [0.15, 0.2) is 0 Å². The lowest BCUT2D eigenvalue weighted by atomic mass is 10.1. The first-order chi connectivity index (χ1) is 9.24. The average Bonchev–Trinajstić information content (AvgIpc) is 2.36. The summed E-state index contributed by atoms with van der Waals surface area (Å²) in [5.41, 5.74) is -0.442. The first kappa shape index (κ1) is 15.9. The Kier molecular flexibility index (Phi) is 5.06. The summed E-state index contributed by atoms with van der Waals surface area (Å²) in [5.74, 6) is -2.36. The standard InChI is InChI=1S/C12H12F4N2O2/c1-17-11(20)8-6-7(2-3-9(8)13)10(19)18-5-4-12(14,15)16/h2-3,6H,4-5H2,1H3,(H,17,20)(H,18,19). The molecule has 4 nitrogen and oxygen atoms in total. The van der Waals surface area contributed by atoms with E-state index in [4.69, 9.17) is 0 Å². The summed E-state index contributed by atoms with van der Waals surface area (Å²) < 4.78 is 49.1. The van der Waals surface area contributed by atoms with Gasteiger partial charge < -0.3 is 10.6 Å². The minimum atomic E-state index is -4.37. The fourth-order valence-corrected chi connectivity index (χ4v) is 1.40. The van der Waals surface area contributed by atoms with E-state index < -0.39 is 36.8 Å². The number of amides is 2. The number of halogens is 4. The molecule has 1 aromatic carbocycles. The van der Waals surface area contributed by atoms with Gasteiger partial charge in [-0.1, -0.05) is 0 Å². The smallest absolute Gasteiger partial charge is 0.355 e. The highest BCUT2D eigenvalue weighted by Gasteiger charge is 2.26. The number of alkyl halides is 3. The Morgan fingerprint density at radius 2 is 1.85 bits per heavy atom. The molecule has 20 heavy (non-hydrogen) atoms. The summed E-state index contributed by atoms with van der Waals surface area (Å²) in [6.45, 7) is -0.588. The van der Waals surface area contributed by atoms with Crippen LogP contribution in [0, 0.1) is 5.82 Å². The molecule has 0 aliphatic rings. The Bertz CT molecular complexity index is 515. The van der Waals surface area contributed by atoms with Crippen molar-refractivity contribution in [1.82, 2.24) is 10.6 Å². The molecule has 0 spiro atoms. The molecule has 2 N–H and O–H groups in total. The minimum Gasteiger partial charge on any atom is -0.355 e. The monoisotopic (exact) mass is 292 g/mol. The van der Waals surface area contributed by atoms with E-state index in [2.05, 4.69) is 5.32 Å².